The maximum Gasteiger partial charge on any atom is 0.348 e. The van der Waals surface area contributed by atoms with E-state index in [1.807, 2.05) is 0 Å². The average Bonchev–Trinajstić information content (AvgIpc) is 2.43. The molecule has 1 saturated carbocycles. The van der Waals surface area contributed by atoms with Crippen LogP contribution in [0.15, 0.2) is 11.1 Å². The third kappa shape index (κ3) is 2.68. The van der Waals surface area contributed by atoms with Crippen LogP contribution < -0.4 is 0 Å². The molecule has 0 radical (unpaired) electrons. The summed E-state index contributed by atoms with van der Waals surface area (Å²) in [6, 6.07) is 0. The molecule has 2 aliphatic rings. The molecule has 1 aliphatic heterocycles. The summed E-state index contributed by atoms with van der Waals surface area (Å²) in [7, 11) is 0. The van der Waals surface area contributed by atoms with Crippen LogP contribution in [0.2, 0.25) is 0 Å². The van der Waals surface area contributed by atoms with Gasteiger partial charge in [0.1, 0.15) is 5.57 Å². The zero-order valence-electron chi connectivity index (χ0n) is 10.4. The molecule has 94 valence electrons. The summed E-state index contributed by atoms with van der Waals surface area (Å²) in [5.74, 6) is -2.19. The zero-order chi connectivity index (χ0) is 12.5. The van der Waals surface area contributed by atoms with Crippen molar-refractivity contribution in [3.05, 3.63) is 11.1 Å². The molecule has 2 rings (SSSR count). The van der Waals surface area contributed by atoms with Crippen LogP contribution in [0, 0.1) is 0 Å². The SMILES string of the molecule is CC1(C)OC(=O)C(=C2CCCCCC2)C(=O)O1. The largest absolute Gasteiger partial charge is 0.419 e. The molecule has 4 nitrogen and oxygen atoms in total. The Balaban J connectivity index is 2.27. The quantitative estimate of drug-likeness (QED) is 0.281. The van der Waals surface area contributed by atoms with E-state index in [0.717, 1.165) is 44.1 Å². The summed E-state index contributed by atoms with van der Waals surface area (Å²) < 4.78 is 10.2. The van der Waals surface area contributed by atoms with Crippen LogP contribution in [0.25, 0.3) is 0 Å². The minimum Gasteiger partial charge on any atom is -0.419 e. The van der Waals surface area contributed by atoms with Gasteiger partial charge in [-0.25, -0.2) is 9.59 Å². The monoisotopic (exact) mass is 238 g/mol. The number of carbonyl (C=O) groups excluding carboxylic acids is 2. The van der Waals surface area contributed by atoms with Crippen molar-refractivity contribution in [1.82, 2.24) is 0 Å². The minimum atomic E-state index is -1.14. The van der Waals surface area contributed by atoms with Gasteiger partial charge in [0.15, 0.2) is 0 Å². The predicted octanol–water partition coefficient (Wildman–Crippen LogP) is 2.47. The molecule has 0 aromatic heterocycles. The predicted molar refractivity (Wildman–Crippen MR) is 61.0 cm³/mol. The van der Waals surface area contributed by atoms with E-state index in [-0.39, 0.29) is 5.57 Å². The van der Waals surface area contributed by atoms with Crippen molar-refractivity contribution in [3.8, 4) is 0 Å². The van der Waals surface area contributed by atoms with Crippen LogP contribution in [0.5, 0.6) is 0 Å². The molecule has 2 fully saturated rings. The lowest BCUT2D eigenvalue weighted by Gasteiger charge is -2.30. The Labute approximate surface area is 101 Å². The maximum absolute atomic E-state index is 11.9. The molecule has 0 bridgehead atoms. The maximum atomic E-state index is 11.9. The van der Waals surface area contributed by atoms with E-state index >= 15 is 0 Å². The third-order valence-electron chi connectivity index (χ3n) is 3.15. The Morgan fingerprint density at radius 3 is 1.82 bits per heavy atom. The van der Waals surface area contributed by atoms with Crippen molar-refractivity contribution < 1.29 is 19.1 Å². The van der Waals surface area contributed by atoms with Gasteiger partial charge in [0, 0.05) is 13.8 Å². The second kappa shape index (κ2) is 4.51. The van der Waals surface area contributed by atoms with Crippen molar-refractivity contribution in [1.29, 1.82) is 0 Å². The number of carbonyl (C=O) groups is 2. The molecule has 0 atom stereocenters. The Bertz CT molecular complexity index is 347. The number of allylic oxidation sites excluding steroid dienone is 1. The normalized spacial score (nSPS) is 25.1. The molecule has 1 heterocycles. The van der Waals surface area contributed by atoms with Gasteiger partial charge in [-0.15, -0.1) is 0 Å². The first-order valence-electron chi connectivity index (χ1n) is 6.18. The first-order chi connectivity index (χ1) is 7.99. The average molecular weight is 238 g/mol. The first-order valence-corrected chi connectivity index (χ1v) is 6.18. The van der Waals surface area contributed by atoms with Crippen LogP contribution in [0.3, 0.4) is 0 Å². The second-order valence-corrected chi connectivity index (χ2v) is 5.07. The summed E-state index contributed by atoms with van der Waals surface area (Å²) in [5, 5.41) is 0. The summed E-state index contributed by atoms with van der Waals surface area (Å²) in [5.41, 5.74) is 1.05. The van der Waals surface area contributed by atoms with Crippen molar-refractivity contribution in [2.75, 3.05) is 0 Å². The summed E-state index contributed by atoms with van der Waals surface area (Å²) in [6.07, 6.45) is 5.99. The van der Waals surface area contributed by atoms with E-state index in [9.17, 15) is 9.59 Å². The fourth-order valence-electron chi connectivity index (χ4n) is 2.35. The fourth-order valence-corrected chi connectivity index (χ4v) is 2.35. The Morgan fingerprint density at radius 2 is 1.35 bits per heavy atom. The molecule has 17 heavy (non-hydrogen) atoms. The summed E-state index contributed by atoms with van der Waals surface area (Å²) >= 11 is 0. The molecule has 0 unspecified atom stereocenters. The minimum absolute atomic E-state index is 0.145. The lowest BCUT2D eigenvalue weighted by molar-refractivity contribution is -0.222. The van der Waals surface area contributed by atoms with Gasteiger partial charge < -0.3 is 9.47 Å². The van der Waals surface area contributed by atoms with Gasteiger partial charge in [-0.05, 0) is 31.3 Å². The van der Waals surface area contributed by atoms with Crippen molar-refractivity contribution in [2.45, 2.75) is 58.2 Å². The Kier molecular flexibility index (Phi) is 3.22. The Hall–Kier alpha value is -1.32. The van der Waals surface area contributed by atoms with Gasteiger partial charge in [-0.1, -0.05) is 12.8 Å². The van der Waals surface area contributed by atoms with Crippen LogP contribution >= 0.6 is 0 Å². The fraction of sp³-hybridized carbons (Fsp3) is 0.692. The van der Waals surface area contributed by atoms with Gasteiger partial charge in [0.25, 0.3) is 5.79 Å². The van der Waals surface area contributed by atoms with Crippen LogP contribution in [0.4, 0.5) is 0 Å². The van der Waals surface area contributed by atoms with Crippen LogP contribution in [0.1, 0.15) is 52.4 Å². The van der Waals surface area contributed by atoms with E-state index in [0.29, 0.717) is 0 Å². The van der Waals surface area contributed by atoms with E-state index in [1.54, 1.807) is 13.8 Å². The number of rotatable bonds is 0. The highest BCUT2D eigenvalue weighted by Gasteiger charge is 2.40. The highest BCUT2D eigenvalue weighted by Crippen LogP contribution is 2.30. The Morgan fingerprint density at radius 1 is 0.882 bits per heavy atom. The number of hydrogen-bond acceptors (Lipinski definition) is 4. The molecular weight excluding hydrogens is 220 g/mol. The lowest BCUT2D eigenvalue weighted by atomic mass is 10.00. The van der Waals surface area contributed by atoms with E-state index in [2.05, 4.69) is 0 Å². The zero-order valence-corrected chi connectivity index (χ0v) is 10.4. The number of esters is 2. The molecule has 1 saturated heterocycles. The molecule has 0 N–H and O–H groups in total. The third-order valence-corrected chi connectivity index (χ3v) is 3.15. The first kappa shape index (κ1) is 12.1. The molecule has 4 heteroatoms. The molecule has 1 aliphatic carbocycles. The smallest absolute Gasteiger partial charge is 0.348 e. The number of cyclic esters (lactones) is 2. The van der Waals surface area contributed by atoms with Crippen LogP contribution in [-0.4, -0.2) is 17.7 Å². The molecule has 0 spiro atoms. The highest BCUT2D eigenvalue weighted by atomic mass is 16.7. The standard InChI is InChI=1S/C13H18O4/c1-13(2)16-11(14)10(12(15)17-13)9-7-5-3-4-6-8-9/h3-8H2,1-2H3. The highest BCUT2D eigenvalue weighted by molar-refractivity contribution is 6.16. The summed E-state index contributed by atoms with van der Waals surface area (Å²) in [6.45, 7) is 3.13. The molecule has 0 aromatic rings. The van der Waals surface area contributed by atoms with Crippen molar-refractivity contribution in [3.63, 3.8) is 0 Å². The summed E-state index contributed by atoms with van der Waals surface area (Å²) in [4.78, 5) is 23.7. The van der Waals surface area contributed by atoms with Crippen LogP contribution in [-0.2, 0) is 19.1 Å². The lowest BCUT2D eigenvalue weighted by Crippen LogP contribution is -2.42. The number of hydrogen-bond donors (Lipinski definition) is 0. The number of ether oxygens (including phenoxy) is 2. The molecular formula is C13H18O4. The van der Waals surface area contributed by atoms with Gasteiger partial charge in [0.2, 0.25) is 0 Å². The van der Waals surface area contributed by atoms with E-state index in [4.69, 9.17) is 9.47 Å². The van der Waals surface area contributed by atoms with Gasteiger partial charge in [-0.3, -0.25) is 0 Å². The molecule has 0 aromatic carbocycles. The molecule has 0 amide bonds. The van der Waals surface area contributed by atoms with Crippen molar-refractivity contribution >= 4 is 11.9 Å². The van der Waals surface area contributed by atoms with Gasteiger partial charge in [0.05, 0.1) is 0 Å². The van der Waals surface area contributed by atoms with Gasteiger partial charge in [-0.2, -0.15) is 0 Å². The second-order valence-electron chi connectivity index (χ2n) is 5.07. The van der Waals surface area contributed by atoms with E-state index < -0.39 is 17.7 Å². The van der Waals surface area contributed by atoms with E-state index in [1.165, 1.54) is 0 Å². The topological polar surface area (TPSA) is 52.6 Å². The van der Waals surface area contributed by atoms with Crippen molar-refractivity contribution in [2.24, 2.45) is 0 Å². The van der Waals surface area contributed by atoms with Gasteiger partial charge >= 0.3 is 11.9 Å².